The van der Waals surface area contributed by atoms with E-state index in [4.69, 9.17) is 10.7 Å². The van der Waals surface area contributed by atoms with E-state index in [0.29, 0.717) is 17.4 Å². The van der Waals surface area contributed by atoms with Crippen molar-refractivity contribution in [1.82, 2.24) is 15.2 Å². The lowest BCUT2D eigenvalue weighted by Crippen LogP contribution is -2.07. The molecule has 1 aliphatic carbocycles. The largest absolute Gasteiger partial charge is 0.508 e. The summed E-state index contributed by atoms with van der Waals surface area (Å²) in [5.41, 5.74) is 9.72. The van der Waals surface area contributed by atoms with Crippen molar-refractivity contribution in [2.45, 2.75) is 38.0 Å². The first kappa shape index (κ1) is 14.1. The minimum Gasteiger partial charge on any atom is -0.508 e. The molecule has 1 aliphatic rings. The molecule has 1 aromatic carbocycles. The third-order valence-electron chi connectivity index (χ3n) is 4.75. The second kappa shape index (κ2) is 5.57. The third kappa shape index (κ3) is 2.52. The molecule has 0 aliphatic heterocycles. The molecule has 2 heterocycles. The van der Waals surface area contributed by atoms with Gasteiger partial charge in [-0.15, -0.1) is 0 Å². The number of nitrogens with zero attached hydrogens (tertiary/aromatic N) is 2. The smallest absolute Gasteiger partial charge is 0.183 e. The van der Waals surface area contributed by atoms with Gasteiger partial charge in [0, 0.05) is 11.6 Å². The number of nitrogens with one attached hydrogen (secondary N) is 1. The highest BCUT2D eigenvalue weighted by atomic mass is 16.3. The van der Waals surface area contributed by atoms with Gasteiger partial charge in [-0.25, -0.2) is 4.98 Å². The lowest BCUT2D eigenvalue weighted by atomic mass is 9.85. The highest BCUT2D eigenvalue weighted by Gasteiger charge is 2.21. The normalized spacial score (nSPS) is 16.0. The van der Waals surface area contributed by atoms with E-state index >= 15 is 0 Å². The summed E-state index contributed by atoms with van der Waals surface area (Å²) in [7, 11) is 0. The van der Waals surface area contributed by atoms with Crippen LogP contribution in [0.15, 0.2) is 30.3 Å². The molecule has 118 valence electrons. The van der Waals surface area contributed by atoms with Gasteiger partial charge in [0.1, 0.15) is 11.6 Å². The van der Waals surface area contributed by atoms with Crippen molar-refractivity contribution in [3.05, 3.63) is 36.0 Å². The number of benzene rings is 1. The number of aromatic hydroxyl groups is 1. The van der Waals surface area contributed by atoms with E-state index in [-0.39, 0.29) is 5.75 Å². The lowest BCUT2D eigenvalue weighted by Gasteiger charge is -2.21. The Morgan fingerprint density at radius 3 is 2.74 bits per heavy atom. The second-order valence-electron chi connectivity index (χ2n) is 6.32. The quantitative estimate of drug-likeness (QED) is 0.668. The standard InChI is InChI=1S/C18H20N4O/c19-17-16-14(12-7-4-8-13(23)9-12)10-15(20-18(16)22-21-17)11-5-2-1-3-6-11/h4,7-11,23H,1-3,5-6H2,(H3,19,20,21,22). The van der Waals surface area contributed by atoms with Crippen LogP contribution in [0.1, 0.15) is 43.7 Å². The molecule has 4 N–H and O–H groups in total. The molecule has 0 atom stereocenters. The molecular weight excluding hydrogens is 288 g/mol. The van der Waals surface area contributed by atoms with E-state index in [1.165, 1.54) is 32.1 Å². The van der Waals surface area contributed by atoms with Crippen LogP contribution in [-0.4, -0.2) is 20.3 Å². The van der Waals surface area contributed by atoms with Crippen LogP contribution < -0.4 is 5.73 Å². The fourth-order valence-corrected chi connectivity index (χ4v) is 3.58. The molecule has 0 saturated heterocycles. The van der Waals surface area contributed by atoms with Gasteiger partial charge in [0.15, 0.2) is 5.65 Å². The van der Waals surface area contributed by atoms with Crippen LogP contribution in [0.4, 0.5) is 5.82 Å². The summed E-state index contributed by atoms with van der Waals surface area (Å²) in [5.74, 6) is 1.25. The van der Waals surface area contributed by atoms with Crippen LogP contribution in [0.2, 0.25) is 0 Å². The molecular formula is C18H20N4O. The third-order valence-corrected chi connectivity index (χ3v) is 4.75. The molecule has 5 nitrogen and oxygen atoms in total. The van der Waals surface area contributed by atoms with Crippen LogP contribution in [0.25, 0.3) is 22.2 Å². The van der Waals surface area contributed by atoms with Crippen LogP contribution in [0.5, 0.6) is 5.75 Å². The molecule has 5 heteroatoms. The van der Waals surface area contributed by atoms with Gasteiger partial charge in [0.25, 0.3) is 0 Å². The van der Waals surface area contributed by atoms with Gasteiger partial charge in [-0.3, -0.25) is 5.10 Å². The number of rotatable bonds is 2. The lowest BCUT2D eigenvalue weighted by molar-refractivity contribution is 0.437. The maximum Gasteiger partial charge on any atom is 0.183 e. The second-order valence-corrected chi connectivity index (χ2v) is 6.32. The zero-order valence-corrected chi connectivity index (χ0v) is 12.9. The summed E-state index contributed by atoms with van der Waals surface area (Å²) in [6.45, 7) is 0. The van der Waals surface area contributed by atoms with Crippen molar-refractivity contribution in [1.29, 1.82) is 0 Å². The van der Waals surface area contributed by atoms with Crippen molar-refractivity contribution in [2.75, 3.05) is 5.73 Å². The first-order chi connectivity index (χ1) is 11.2. The number of hydrogen-bond acceptors (Lipinski definition) is 4. The number of nitrogens with two attached hydrogens (primary N) is 1. The van der Waals surface area contributed by atoms with Gasteiger partial charge in [-0.2, -0.15) is 5.10 Å². The molecule has 0 amide bonds. The van der Waals surface area contributed by atoms with Crippen molar-refractivity contribution in [3.63, 3.8) is 0 Å². The Bertz CT molecular complexity index is 849. The van der Waals surface area contributed by atoms with Crippen molar-refractivity contribution < 1.29 is 5.11 Å². The molecule has 0 spiro atoms. The average molecular weight is 308 g/mol. The summed E-state index contributed by atoms with van der Waals surface area (Å²) in [5, 5.41) is 17.7. The van der Waals surface area contributed by atoms with E-state index in [1.807, 2.05) is 12.1 Å². The van der Waals surface area contributed by atoms with Crippen molar-refractivity contribution in [2.24, 2.45) is 0 Å². The molecule has 3 aromatic rings. The van der Waals surface area contributed by atoms with Crippen LogP contribution in [-0.2, 0) is 0 Å². The maximum atomic E-state index is 9.81. The van der Waals surface area contributed by atoms with Crippen molar-refractivity contribution >= 4 is 16.9 Å². The van der Waals surface area contributed by atoms with Gasteiger partial charge < -0.3 is 10.8 Å². The zero-order chi connectivity index (χ0) is 15.8. The van der Waals surface area contributed by atoms with Gasteiger partial charge in [0.2, 0.25) is 0 Å². The molecule has 2 aromatic heterocycles. The fraction of sp³-hybridized carbons (Fsp3) is 0.333. The highest BCUT2D eigenvalue weighted by Crippen LogP contribution is 2.37. The maximum absolute atomic E-state index is 9.81. The fourth-order valence-electron chi connectivity index (χ4n) is 3.58. The number of pyridine rings is 1. The van der Waals surface area contributed by atoms with E-state index in [1.54, 1.807) is 12.1 Å². The monoisotopic (exact) mass is 308 g/mol. The Labute approximate surface area is 134 Å². The van der Waals surface area contributed by atoms with E-state index in [2.05, 4.69) is 16.3 Å². The van der Waals surface area contributed by atoms with Crippen molar-refractivity contribution in [3.8, 4) is 16.9 Å². The Balaban J connectivity index is 1.91. The van der Waals surface area contributed by atoms with Gasteiger partial charge in [0.05, 0.1) is 5.39 Å². The summed E-state index contributed by atoms with van der Waals surface area (Å²) in [4.78, 5) is 4.74. The molecule has 1 saturated carbocycles. The molecule has 1 fully saturated rings. The highest BCUT2D eigenvalue weighted by molar-refractivity contribution is 6.00. The summed E-state index contributed by atoms with van der Waals surface area (Å²) < 4.78 is 0. The first-order valence-corrected chi connectivity index (χ1v) is 8.16. The predicted octanol–water partition coefficient (Wildman–Crippen LogP) is 3.96. The van der Waals surface area contributed by atoms with E-state index < -0.39 is 0 Å². The molecule has 0 bridgehead atoms. The number of H-pyrrole nitrogens is 1. The molecule has 0 unspecified atom stereocenters. The number of phenolic OH excluding ortho intramolecular Hbond substituents is 1. The Morgan fingerprint density at radius 2 is 1.96 bits per heavy atom. The predicted molar refractivity (Wildman–Crippen MR) is 91.2 cm³/mol. The topological polar surface area (TPSA) is 87.8 Å². The number of phenols is 1. The number of aromatic nitrogens is 3. The minimum absolute atomic E-state index is 0.244. The summed E-state index contributed by atoms with van der Waals surface area (Å²) >= 11 is 0. The average Bonchev–Trinajstić information content (AvgIpc) is 2.96. The summed E-state index contributed by atoms with van der Waals surface area (Å²) in [6, 6.07) is 9.37. The van der Waals surface area contributed by atoms with Crippen LogP contribution in [0, 0.1) is 0 Å². The molecule has 0 radical (unpaired) electrons. The Hall–Kier alpha value is -2.56. The number of hydrogen-bond donors (Lipinski definition) is 3. The number of fused-ring (bicyclic) bond motifs is 1. The Kier molecular flexibility index (Phi) is 3.41. The number of anilines is 1. The van der Waals surface area contributed by atoms with Gasteiger partial charge in [-0.05, 0) is 42.2 Å². The van der Waals surface area contributed by atoms with E-state index in [0.717, 1.165) is 22.2 Å². The molecule has 4 rings (SSSR count). The number of nitrogen functional groups attached to an aromatic ring is 1. The van der Waals surface area contributed by atoms with Gasteiger partial charge in [-0.1, -0.05) is 31.4 Å². The Morgan fingerprint density at radius 1 is 1.13 bits per heavy atom. The van der Waals surface area contributed by atoms with Gasteiger partial charge >= 0.3 is 0 Å². The minimum atomic E-state index is 0.244. The first-order valence-electron chi connectivity index (χ1n) is 8.16. The zero-order valence-electron chi connectivity index (χ0n) is 12.9. The summed E-state index contributed by atoms with van der Waals surface area (Å²) in [6.07, 6.45) is 6.19. The van der Waals surface area contributed by atoms with Crippen LogP contribution >= 0.6 is 0 Å². The van der Waals surface area contributed by atoms with Crippen LogP contribution in [0.3, 0.4) is 0 Å². The molecule has 23 heavy (non-hydrogen) atoms. The van der Waals surface area contributed by atoms with E-state index in [9.17, 15) is 5.11 Å². The SMILES string of the molecule is Nc1[nH]nc2nc(C3CCCCC3)cc(-c3cccc(O)c3)c12. The number of aromatic amines is 1.